The number of hydrogen-bond donors (Lipinski definition) is 3. The number of amides is 1. The lowest BCUT2D eigenvalue weighted by molar-refractivity contribution is -0.133. The number of carbonyl (C=O) groups is 1. The van der Waals surface area contributed by atoms with Crippen molar-refractivity contribution in [2.45, 2.75) is 71.1 Å². The lowest BCUT2D eigenvalue weighted by Gasteiger charge is -2.55. The van der Waals surface area contributed by atoms with Crippen molar-refractivity contribution in [1.82, 2.24) is 16.0 Å². The molecule has 0 aromatic carbocycles. The standard InChI is InChI=1S/C19H36N4O4S/c1-5-19(6-2)15(12-16(19)27-7-3)23-18(20-4)21-10-8-17(24)22-14-9-11-28(25,26)13-14/h14-16H,5-13H2,1-4H3,(H,22,24)(H2,20,21,23). The van der Waals surface area contributed by atoms with Gasteiger partial charge in [0.15, 0.2) is 15.8 Å². The summed E-state index contributed by atoms with van der Waals surface area (Å²) < 4.78 is 28.9. The molecular formula is C19H36N4O4S. The van der Waals surface area contributed by atoms with Gasteiger partial charge in [0, 0.05) is 44.1 Å². The highest BCUT2D eigenvalue weighted by atomic mass is 32.2. The average Bonchev–Trinajstić information content (AvgIpc) is 2.98. The molecule has 2 aliphatic rings. The number of ether oxygens (including phenoxy) is 1. The molecule has 1 saturated carbocycles. The second kappa shape index (κ2) is 9.91. The van der Waals surface area contributed by atoms with Gasteiger partial charge in [0.05, 0.1) is 17.6 Å². The van der Waals surface area contributed by atoms with Gasteiger partial charge in [0.25, 0.3) is 0 Å². The first-order valence-electron chi connectivity index (χ1n) is 10.4. The topological polar surface area (TPSA) is 109 Å². The number of nitrogens with zero attached hydrogens (tertiary/aromatic N) is 1. The Morgan fingerprint density at radius 1 is 1.21 bits per heavy atom. The zero-order valence-electron chi connectivity index (χ0n) is 17.6. The van der Waals surface area contributed by atoms with E-state index < -0.39 is 9.84 Å². The highest BCUT2D eigenvalue weighted by molar-refractivity contribution is 7.91. The molecule has 0 aromatic rings. The Hall–Kier alpha value is -1.35. The summed E-state index contributed by atoms with van der Waals surface area (Å²) in [5, 5.41) is 9.49. The number of aliphatic imine (C=N–C) groups is 1. The molecule has 0 radical (unpaired) electrons. The molecular weight excluding hydrogens is 380 g/mol. The Morgan fingerprint density at radius 2 is 1.93 bits per heavy atom. The van der Waals surface area contributed by atoms with Crippen molar-refractivity contribution >= 4 is 21.7 Å². The van der Waals surface area contributed by atoms with E-state index in [1.165, 1.54) is 0 Å². The van der Waals surface area contributed by atoms with Crippen molar-refractivity contribution in [3.05, 3.63) is 0 Å². The fourth-order valence-corrected chi connectivity index (χ4v) is 6.12. The minimum atomic E-state index is -2.98. The first-order valence-corrected chi connectivity index (χ1v) is 12.2. The van der Waals surface area contributed by atoms with E-state index in [0.717, 1.165) is 25.9 Å². The zero-order valence-corrected chi connectivity index (χ0v) is 18.4. The van der Waals surface area contributed by atoms with E-state index in [1.807, 2.05) is 6.92 Å². The molecule has 9 heteroatoms. The van der Waals surface area contributed by atoms with Gasteiger partial charge in [-0.05, 0) is 32.6 Å². The maximum atomic E-state index is 12.1. The Bertz CT molecular complexity index is 661. The van der Waals surface area contributed by atoms with Crippen LogP contribution in [0.1, 0.15) is 52.9 Å². The number of sulfone groups is 1. The van der Waals surface area contributed by atoms with Gasteiger partial charge in [-0.3, -0.25) is 9.79 Å². The summed E-state index contributed by atoms with van der Waals surface area (Å²) in [6, 6.07) is 0.0397. The third-order valence-corrected chi connectivity index (χ3v) is 8.01. The van der Waals surface area contributed by atoms with Gasteiger partial charge in [0.1, 0.15) is 0 Å². The molecule has 1 saturated heterocycles. The van der Waals surface area contributed by atoms with Gasteiger partial charge in [0.2, 0.25) is 5.91 Å². The van der Waals surface area contributed by atoms with E-state index in [9.17, 15) is 13.2 Å². The maximum absolute atomic E-state index is 12.1. The van der Waals surface area contributed by atoms with Crippen LogP contribution in [0.4, 0.5) is 0 Å². The van der Waals surface area contributed by atoms with Crippen LogP contribution in [0, 0.1) is 5.41 Å². The molecule has 0 spiro atoms. The molecule has 2 rings (SSSR count). The van der Waals surface area contributed by atoms with Crippen molar-refractivity contribution in [1.29, 1.82) is 0 Å². The van der Waals surface area contributed by atoms with Crippen LogP contribution in [0.5, 0.6) is 0 Å². The molecule has 2 fully saturated rings. The maximum Gasteiger partial charge on any atom is 0.222 e. The summed E-state index contributed by atoms with van der Waals surface area (Å²) in [5.74, 6) is 0.755. The van der Waals surface area contributed by atoms with E-state index in [2.05, 4.69) is 34.8 Å². The molecule has 1 amide bonds. The van der Waals surface area contributed by atoms with Crippen LogP contribution in [0.3, 0.4) is 0 Å². The van der Waals surface area contributed by atoms with Crippen LogP contribution in [0.15, 0.2) is 4.99 Å². The van der Waals surface area contributed by atoms with Crippen LogP contribution >= 0.6 is 0 Å². The summed E-state index contributed by atoms with van der Waals surface area (Å²) >= 11 is 0. The fourth-order valence-electron chi connectivity index (χ4n) is 4.45. The van der Waals surface area contributed by atoms with Gasteiger partial charge in [-0.1, -0.05) is 13.8 Å². The molecule has 3 unspecified atom stereocenters. The van der Waals surface area contributed by atoms with Gasteiger partial charge in [-0.15, -0.1) is 0 Å². The minimum Gasteiger partial charge on any atom is -0.378 e. The summed E-state index contributed by atoms with van der Waals surface area (Å²) in [5.41, 5.74) is 0.110. The van der Waals surface area contributed by atoms with Crippen LogP contribution in [-0.4, -0.2) is 70.2 Å². The van der Waals surface area contributed by atoms with Crippen molar-refractivity contribution in [3.63, 3.8) is 0 Å². The van der Waals surface area contributed by atoms with E-state index in [-0.39, 0.29) is 41.4 Å². The SMILES string of the molecule is CCOC1CC(NC(=NC)NCCC(=O)NC2CCS(=O)(=O)C2)C1(CC)CC. The average molecular weight is 417 g/mol. The lowest BCUT2D eigenvalue weighted by Crippen LogP contribution is -2.65. The van der Waals surface area contributed by atoms with Crippen molar-refractivity contribution < 1.29 is 17.9 Å². The number of guanidine groups is 1. The van der Waals surface area contributed by atoms with E-state index in [0.29, 0.717) is 25.0 Å². The summed E-state index contributed by atoms with van der Waals surface area (Å²) in [7, 11) is -1.26. The molecule has 1 aliphatic carbocycles. The number of carbonyl (C=O) groups excluding carboxylic acids is 1. The summed E-state index contributed by atoms with van der Waals surface area (Å²) in [4.78, 5) is 16.3. The van der Waals surface area contributed by atoms with Gasteiger partial charge in [-0.25, -0.2) is 8.42 Å². The van der Waals surface area contributed by atoms with Crippen LogP contribution in [0.25, 0.3) is 0 Å². The molecule has 162 valence electrons. The predicted octanol–water partition coefficient (Wildman–Crippen LogP) is 0.829. The van der Waals surface area contributed by atoms with Crippen LogP contribution < -0.4 is 16.0 Å². The van der Waals surface area contributed by atoms with Crippen molar-refractivity contribution in [3.8, 4) is 0 Å². The number of nitrogens with one attached hydrogen (secondary N) is 3. The smallest absolute Gasteiger partial charge is 0.222 e. The van der Waals surface area contributed by atoms with Crippen molar-refractivity contribution in [2.75, 3.05) is 31.7 Å². The lowest BCUT2D eigenvalue weighted by atomic mass is 9.58. The Kier molecular flexibility index (Phi) is 8.12. The molecule has 1 aliphatic heterocycles. The molecule has 1 heterocycles. The largest absolute Gasteiger partial charge is 0.378 e. The number of hydrogen-bond acceptors (Lipinski definition) is 5. The third kappa shape index (κ3) is 5.37. The van der Waals surface area contributed by atoms with Gasteiger partial charge in [-0.2, -0.15) is 0 Å². The van der Waals surface area contributed by atoms with Gasteiger partial charge < -0.3 is 20.7 Å². The summed E-state index contributed by atoms with van der Waals surface area (Å²) in [6.07, 6.45) is 4.08. The first kappa shape index (κ1) is 22.9. The molecule has 3 N–H and O–H groups in total. The highest BCUT2D eigenvalue weighted by Gasteiger charge is 2.53. The van der Waals surface area contributed by atoms with E-state index in [4.69, 9.17) is 4.74 Å². The third-order valence-electron chi connectivity index (χ3n) is 6.25. The molecule has 0 aromatic heterocycles. The molecule has 8 nitrogen and oxygen atoms in total. The Morgan fingerprint density at radius 3 is 2.46 bits per heavy atom. The first-order chi connectivity index (χ1) is 13.3. The molecule has 3 atom stereocenters. The quantitative estimate of drug-likeness (QED) is 0.379. The highest BCUT2D eigenvalue weighted by Crippen LogP contribution is 2.48. The van der Waals surface area contributed by atoms with Gasteiger partial charge >= 0.3 is 0 Å². The van der Waals surface area contributed by atoms with Crippen LogP contribution in [0.2, 0.25) is 0 Å². The molecule has 0 bridgehead atoms. The zero-order chi connectivity index (χ0) is 20.8. The number of rotatable bonds is 9. The summed E-state index contributed by atoms with van der Waals surface area (Å²) in [6.45, 7) is 7.60. The predicted molar refractivity (Wildman–Crippen MR) is 111 cm³/mol. The van der Waals surface area contributed by atoms with Crippen molar-refractivity contribution in [2.24, 2.45) is 10.4 Å². The second-order valence-electron chi connectivity index (χ2n) is 7.73. The van der Waals surface area contributed by atoms with Crippen LogP contribution in [-0.2, 0) is 19.4 Å². The fraction of sp³-hybridized carbons (Fsp3) is 0.895. The Labute approximate surface area is 169 Å². The molecule has 28 heavy (non-hydrogen) atoms. The monoisotopic (exact) mass is 416 g/mol. The Balaban J connectivity index is 1.76. The van der Waals surface area contributed by atoms with E-state index >= 15 is 0 Å². The minimum absolute atomic E-state index is 0.0498. The second-order valence-corrected chi connectivity index (χ2v) is 9.96. The normalized spacial score (nSPS) is 28.4. The van der Waals surface area contributed by atoms with E-state index in [1.54, 1.807) is 7.05 Å².